The van der Waals surface area contributed by atoms with Crippen molar-refractivity contribution < 1.29 is 23.8 Å². The molecular formula is C20H21N3O5S. The number of amides is 2. The number of nitrogens with zero attached hydrogens (tertiary/aromatic N) is 1. The van der Waals surface area contributed by atoms with Crippen LogP contribution in [-0.2, 0) is 16.8 Å². The summed E-state index contributed by atoms with van der Waals surface area (Å²) in [6, 6.07) is 3.38. The van der Waals surface area contributed by atoms with Crippen LogP contribution in [0, 0.1) is 13.8 Å². The second-order valence-electron chi connectivity index (χ2n) is 7.11. The van der Waals surface area contributed by atoms with Crippen molar-refractivity contribution >= 4 is 34.1 Å². The first kappa shape index (κ1) is 19.4. The highest BCUT2D eigenvalue weighted by molar-refractivity contribution is 7.09. The number of aromatic nitrogens is 1. The van der Waals surface area contributed by atoms with E-state index in [1.807, 2.05) is 6.92 Å². The van der Waals surface area contributed by atoms with E-state index < -0.39 is 17.9 Å². The Morgan fingerprint density at radius 3 is 2.83 bits per heavy atom. The number of ether oxygens (including phenoxy) is 1. The van der Waals surface area contributed by atoms with Gasteiger partial charge in [0.2, 0.25) is 5.91 Å². The number of fused-ring (bicyclic) bond motifs is 1. The number of hydrogen-bond donors (Lipinski definition) is 3. The summed E-state index contributed by atoms with van der Waals surface area (Å²) >= 11 is 1.47. The highest BCUT2D eigenvalue weighted by Crippen LogP contribution is 2.45. The number of nitrogens with two attached hydrogens (primary N) is 1. The molecule has 1 fully saturated rings. The number of aliphatic hydroxyl groups excluding tert-OH is 1. The number of nitrogens with one attached hydrogen (secondary N) is 1. The Morgan fingerprint density at radius 1 is 1.45 bits per heavy atom. The topological polar surface area (TPSA) is 128 Å². The molecule has 1 unspecified atom stereocenters. The highest BCUT2D eigenvalue weighted by atomic mass is 32.1. The van der Waals surface area contributed by atoms with Crippen LogP contribution in [-0.4, -0.2) is 35.1 Å². The third kappa shape index (κ3) is 2.97. The van der Waals surface area contributed by atoms with E-state index in [0.29, 0.717) is 41.0 Å². The summed E-state index contributed by atoms with van der Waals surface area (Å²) in [5.41, 5.74) is 8.02. The second kappa shape index (κ2) is 7.16. The largest absolute Gasteiger partial charge is 0.488 e. The van der Waals surface area contributed by atoms with Crippen LogP contribution in [0.5, 0.6) is 5.75 Å². The van der Waals surface area contributed by atoms with E-state index in [9.17, 15) is 14.7 Å². The molecule has 4 rings (SSSR count). The molecule has 0 saturated carbocycles. The van der Waals surface area contributed by atoms with Crippen molar-refractivity contribution in [2.75, 3.05) is 13.2 Å². The van der Waals surface area contributed by atoms with E-state index in [0.717, 1.165) is 10.6 Å². The molecule has 3 aromatic rings. The maximum Gasteiger partial charge on any atom is 0.252 e. The van der Waals surface area contributed by atoms with Crippen LogP contribution in [0.25, 0.3) is 11.0 Å². The summed E-state index contributed by atoms with van der Waals surface area (Å²) in [6.07, 6.45) is 0.361. The average Bonchev–Trinajstić information content (AvgIpc) is 3.36. The lowest BCUT2D eigenvalue weighted by Crippen LogP contribution is -2.39. The number of rotatable bonds is 6. The van der Waals surface area contributed by atoms with E-state index >= 15 is 0 Å². The number of furan rings is 1. The lowest BCUT2D eigenvalue weighted by Gasteiger charge is -2.27. The zero-order valence-electron chi connectivity index (χ0n) is 16.1. The second-order valence-corrected chi connectivity index (χ2v) is 8.04. The zero-order chi connectivity index (χ0) is 20.8. The van der Waals surface area contributed by atoms with Crippen molar-refractivity contribution in [2.24, 2.45) is 5.73 Å². The van der Waals surface area contributed by atoms with E-state index in [4.69, 9.17) is 14.9 Å². The predicted molar refractivity (Wildman–Crippen MR) is 107 cm³/mol. The fourth-order valence-electron chi connectivity index (χ4n) is 3.93. The number of primary amides is 1. The Labute approximate surface area is 170 Å². The maximum atomic E-state index is 12.8. The Balaban J connectivity index is 1.95. The molecule has 3 heterocycles. The first-order chi connectivity index (χ1) is 13.9. The first-order valence-corrected chi connectivity index (χ1v) is 10.0. The Morgan fingerprint density at radius 2 is 2.24 bits per heavy atom. The molecule has 1 aliphatic heterocycles. The number of aryl methyl sites for hydroxylation is 2. The van der Waals surface area contributed by atoms with E-state index in [1.165, 1.54) is 11.3 Å². The molecule has 4 N–H and O–H groups in total. The SMILES string of the molecule is Cc1ncsc1COc1ccc2oc(C)c(C(N)=O)c2c1C1(CO)CCNC1=O. The molecular weight excluding hydrogens is 394 g/mol. The van der Waals surface area contributed by atoms with Gasteiger partial charge in [0.25, 0.3) is 5.91 Å². The minimum atomic E-state index is -1.25. The molecule has 9 heteroatoms. The van der Waals surface area contributed by atoms with Gasteiger partial charge in [0.1, 0.15) is 29.1 Å². The fraction of sp³-hybridized carbons (Fsp3) is 0.350. The summed E-state index contributed by atoms with van der Waals surface area (Å²) < 4.78 is 11.8. The molecule has 1 aliphatic rings. The summed E-state index contributed by atoms with van der Waals surface area (Å²) in [7, 11) is 0. The van der Waals surface area contributed by atoms with Gasteiger partial charge < -0.3 is 25.3 Å². The first-order valence-electron chi connectivity index (χ1n) is 9.16. The molecule has 8 nitrogen and oxygen atoms in total. The van der Waals surface area contributed by atoms with Gasteiger partial charge in [0, 0.05) is 17.5 Å². The van der Waals surface area contributed by atoms with E-state index in [2.05, 4.69) is 10.3 Å². The molecule has 0 spiro atoms. The minimum absolute atomic E-state index is 0.196. The predicted octanol–water partition coefficient (Wildman–Crippen LogP) is 1.93. The van der Waals surface area contributed by atoms with Crippen molar-refractivity contribution in [2.45, 2.75) is 32.3 Å². The Kier molecular flexibility index (Phi) is 4.79. The molecule has 2 amide bonds. The maximum absolute atomic E-state index is 12.8. The fourth-order valence-corrected chi connectivity index (χ4v) is 4.62. The third-order valence-corrected chi connectivity index (χ3v) is 6.37. The number of aliphatic hydroxyl groups is 1. The van der Waals surface area contributed by atoms with E-state index in [1.54, 1.807) is 24.6 Å². The average molecular weight is 415 g/mol. The van der Waals surface area contributed by atoms with Crippen LogP contribution in [0.3, 0.4) is 0 Å². The lowest BCUT2D eigenvalue weighted by atomic mass is 9.76. The zero-order valence-corrected chi connectivity index (χ0v) is 16.9. The van der Waals surface area contributed by atoms with Crippen LogP contribution in [0.1, 0.15) is 38.7 Å². The van der Waals surface area contributed by atoms with Crippen LogP contribution < -0.4 is 15.8 Å². The van der Waals surface area contributed by atoms with Crippen LogP contribution >= 0.6 is 11.3 Å². The third-order valence-electron chi connectivity index (χ3n) is 5.46. The van der Waals surface area contributed by atoms with E-state index in [-0.39, 0.29) is 18.1 Å². The number of thiazole rings is 1. The van der Waals surface area contributed by atoms with Gasteiger partial charge >= 0.3 is 0 Å². The molecule has 1 aromatic carbocycles. The Hall–Kier alpha value is -2.91. The van der Waals surface area contributed by atoms with Gasteiger partial charge in [-0.1, -0.05) is 0 Å². The highest BCUT2D eigenvalue weighted by Gasteiger charge is 2.47. The number of hydrogen-bond acceptors (Lipinski definition) is 7. The molecule has 29 heavy (non-hydrogen) atoms. The number of carbonyl (C=O) groups excluding carboxylic acids is 2. The Bertz CT molecular complexity index is 1120. The van der Waals surface area contributed by atoms with Crippen molar-refractivity contribution in [3.8, 4) is 5.75 Å². The number of benzene rings is 1. The molecule has 1 atom stereocenters. The molecule has 1 saturated heterocycles. The summed E-state index contributed by atoms with van der Waals surface area (Å²) in [4.78, 5) is 30.2. The normalized spacial score (nSPS) is 18.9. The molecule has 0 aliphatic carbocycles. The van der Waals surface area contributed by atoms with Crippen LogP contribution in [0.4, 0.5) is 0 Å². The smallest absolute Gasteiger partial charge is 0.252 e. The summed E-state index contributed by atoms with van der Waals surface area (Å²) in [6.45, 7) is 3.76. The van der Waals surface area contributed by atoms with Gasteiger partial charge in [0.05, 0.1) is 28.3 Å². The lowest BCUT2D eigenvalue weighted by molar-refractivity contribution is -0.125. The molecule has 0 bridgehead atoms. The summed E-state index contributed by atoms with van der Waals surface area (Å²) in [5, 5.41) is 13.5. The van der Waals surface area contributed by atoms with Gasteiger partial charge in [-0.2, -0.15) is 0 Å². The van der Waals surface area contributed by atoms with Gasteiger partial charge in [-0.3, -0.25) is 9.59 Å². The molecule has 0 radical (unpaired) electrons. The monoisotopic (exact) mass is 415 g/mol. The van der Waals surface area contributed by atoms with Gasteiger partial charge in [-0.15, -0.1) is 11.3 Å². The molecule has 2 aromatic heterocycles. The van der Waals surface area contributed by atoms with Crippen molar-refractivity contribution in [3.63, 3.8) is 0 Å². The number of carbonyl (C=O) groups is 2. The van der Waals surface area contributed by atoms with Crippen molar-refractivity contribution in [3.05, 3.63) is 45.1 Å². The van der Waals surface area contributed by atoms with Gasteiger partial charge in [0.15, 0.2) is 0 Å². The van der Waals surface area contributed by atoms with Gasteiger partial charge in [-0.25, -0.2) is 4.98 Å². The molecule has 152 valence electrons. The minimum Gasteiger partial charge on any atom is -0.488 e. The van der Waals surface area contributed by atoms with Crippen molar-refractivity contribution in [1.29, 1.82) is 0 Å². The van der Waals surface area contributed by atoms with Crippen LogP contribution in [0.2, 0.25) is 0 Å². The van der Waals surface area contributed by atoms with Crippen LogP contribution in [0.15, 0.2) is 22.1 Å². The quantitative estimate of drug-likeness (QED) is 0.564. The summed E-state index contributed by atoms with van der Waals surface area (Å²) in [5.74, 6) is -0.222. The van der Waals surface area contributed by atoms with Crippen molar-refractivity contribution in [1.82, 2.24) is 10.3 Å². The van der Waals surface area contributed by atoms with Gasteiger partial charge in [-0.05, 0) is 32.4 Å². The standard InChI is InChI=1S/C20H21N3O5S/c1-10-14(29-9-23-10)7-27-13-4-3-12-16(15(18(21)25)11(2)28-12)17(13)20(8-24)5-6-22-19(20)26/h3-4,9,24H,5-8H2,1-2H3,(H2,21,25)(H,22,26).